The molecule has 0 aliphatic heterocycles. The zero-order valence-electron chi connectivity index (χ0n) is 29.8. The van der Waals surface area contributed by atoms with Crippen LogP contribution in [0, 0.1) is 0 Å². The predicted octanol–water partition coefficient (Wildman–Crippen LogP) is 14.0. The standard InChI is InChI=1S/C53H37N/c1-4-18-38(19-5-1)40-22-14-23-41(36-40)42-24-15-29-45(37-42)54(50-34-16-21-39-20-10-11-30-46(39)50)51-35-17-33-49-52(51)47-31-12-13-32-48(47)53(49,43-25-6-2-7-26-43)44-27-8-3-9-28-44/h1-37H. The van der Waals surface area contributed by atoms with Gasteiger partial charge in [-0.05, 0) is 85.8 Å². The van der Waals surface area contributed by atoms with Gasteiger partial charge in [0.2, 0.25) is 0 Å². The van der Waals surface area contributed by atoms with Crippen LogP contribution in [0.15, 0.2) is 224 Å². The topological polar surface area (TPSA) is 3.24 Å². The Kier molecular flexibility index (Phi) is 7.78. The molecule has 0 fully saturated rings. The highest BCUT2D eigenvalue weighted by molar-refractivity contribution is 6.03. The summed E-state index contributed by atoms with van der Waals surface area (Å²) in [5.74, 6) is 0. The maximum Gasteiger partial charge on any atom is 0.0714 e. The second kappa shape index (κ2) is 13.2. The monoisotopic (exact) mass is 687 g/mol. The number of rotatable bonds is 7. The third kappa shape index (κ3) is 5.09. The Bertz CT molecular complexity index is 2720. The average molecular weight is 688 g/mol. The van der Waals surface area contributed by atoms with Crippen molar-refractivity contribution in [3.05, 3.63) is 247 Å². The molecule has 1 aliphatic carbocycles. The van der Waals surface area contributed by atoms with Crippen LogP contribution in [-0.2, 0) is 5.41 Å². The minimum Gasteiger partial charge on any atom is -0.309 e. The van der Waals surface area contributed by atoms with Gasteiger partial charge in [0.15, 0.2) is 0 Å². The van der Waals surface area contributed by atoms with Gasteiger partial charge in [-0.15, -0.1) is 0 Å². The molecule has 0 heterocycles. The van der Waals surface area contributed by atoms with Crippen LogP contribution in [0.1, 0.15) is 22.3 Å². The number of anilines is 3. The molecule has 0 saturated heterocycles. The largest absolute Gasteiger partial charge is 0.309 e. The van der Waals surface area contributed by atoms with Crippen LogP contribution in [0.25, 0.3) is 44.2 Å². The quantitative estimate of drug-likeness (QED) is 0.161. The summed E-state index contributed by atoms with van der Waals surface area (Å²) in [4.78, 5) is 2.49. The van der Waals surface area contributed by atoms with Gasteiger partial charge < -0.3 is 4.90 Å². The maximum absolute atomic E-state index is 2.49. The summed E-state index contributed by atoms with van der Waals surface area (Å²) in [6, 6.07) is 82.0. The molecule has 0 radical (unpaired) electrons. The predicted molar refractivity (Wildman–Crippen MR) is 227 cm³/mol. The SMILES string of the molecule is c1ccc(-c2cccc(-c3cccc(N(c4cccc5c4-c4ccccc4C5(c4ccccc4)c4ccccc4)c4cccc5ccccc45)c3)c2)cc1. The normalized spacial score (nSPS) is 12.6. The third-order valence-corrected chi connectivity index (χ3v) is 11.1. The van der Waals surface area contributed by atoms with E-state index in [9.17, 15) is 0 Å². The maximum atomic E-state index is 2.49. The van der Waals surface area contributed by atoms with E-state index in [0.717, 1.165) is 17.1 Å². The van der Waals surface area contributed by atoms with Crippen LogP contribution in [0.4, 0.5) is 17.1 Å². The van der Waals surface area contributed by atoms with E-state index in [1.54, 1.807) is 0 Å². The second-order valence-corrected chi connectivity index (χ2v) is 14.1. The van der Waals surface area contributed by atoms with Gasteiger partial charge in [-0.25, -0.2) is 0 Å². The molecule has 1 nitrogen and oxygen atoms in total. The van der Waals surface area contributed by atoms with Crippen molar-refractivity contribution < 1.29 is 0 Å². The van der Waals surface area contributed by atoms with Gasteiger partial charge in [-0.1, -0.05) is 194 Å². The highest BCUT2D eigenvalue weighted by Crippen LogP contribution is 2.59. The molecule has 0 saturated carbocycles. The fourth-order valence-electron chi connectivity index (χ4n) is 8.80. The molecule has 0 bridgehead atoms. The fraction of sp³-hybridized carbons (Fsp3) is 0.0189. The smallest absolute Gasteiger partial charge is 0.0714 e. The molecule has 0 atom stereocenters. The highest BCUT2D eigenvalue weighted by Gasteiger charge is 2.47. The van der Waals surface area contributed by atoms with Crippen molar-refractivity contribution in [3.63, 3.8) is 0 Å². The zero-order valence-corrected chi connectivity index (χ0v) is 29.8. The number of fused-ring (bicyclic) bond motifs is 4. The van der Waals surface area contributed by atoms with Crippen molar-refractivity contribution >= 4 is 27.8 Å². The van der Waals surface area contributed by atoms with Crippen LogP contribution in [0.3, 0.4) is 0 Å². The minimum atomic E-state index is -0.491. The summed E-state index contributed by atoms with van der Waals surface area (Å²) in [6.07, 6.45) is 0. The van der Waals surface area contributed by atoms with Crippen LogP contribution in [0.2, 0.25) is 0 Å². The lowest BCUT2D eigenvalue weighted by molar-refractivity contribution is 0.768. The van der Waals surface area contributed by atoms with E-state index < -0.39 is 5.41 Å². The van der Waals surface area contributed by atoms with Crippen LogP contribution < -0.4 is 4.90 Å². The van der Waals surface area contributed by atoms with Crippen molar-refractivity contribution in [2.75, 3.05) is 4.90 Å². The molecule has 9 aromatic rings. The molecule has 0 N–H and O–H groups in total. The first-order chi connectivity index (χ1) is 26.8. The molecule has 0 spiro atoms. The van der Waals surface area contributed by atoms with Gasteiger partial charge in [0.25, 0.3) is 0 Å². The Morgan fingerprint density at radius 2 is 0.833 bits per heavy atom. The first-order valence-corrected chi connectivity index (χ1v) is 18.7. The lowest BCUT2D eigenvalue weighted by atomic mass is 9.68. The lowest BCUT2D eigenvalue weighted by Gasteiger charge is -2.34. The summed E-state index contributed by atoms with van der Waals surface area (Å²) in [5, 5.41) is 2.42. The van der Waals surface area contributed by atoms with Crippen LogP contribution in [0.5, 0.6) is 0 Å². The third-order valence-electron chi connectivity index (χ3n) is 11.1. The second-order valence-electron chi connectivity index (χ2n) is 14.1. The Balaban J connectivity index is 1.25. The van der Waals surface area contributed by atoms with Crippen LogP contribution in [-0.4, -0.2) is 0 Å². The molecular weight excluding hydrogens is 651 g/mol. The van der Waals surface area contributed by atoms with Crippen LogP contribution >= 0.6 is 0 Å². The summed E-state index contributed by atoms with van der Waals surface area (Å²) in [7, 11) is 0. The Labute approximate surface area is 317 Å². The molecular formula is C53H37N. The minimum absolute atomic E-state index is 0.491. The van der Waals surface area contributed by atoms with Gasteiger partial charge in [-0.3, -0.25) is 0 Å². The van der Waals surface area contributed by atoms with Crippen molar-refractivity contribution in [2.24, 2.45) is 0 Å². The number of benzene rings is 9. The van der Waals surface area contributed by atoms with E-state index >= 15 is 0 Å². The zero-order chi connectivity index (χ0) is 35.9. The molecule has 54 heavy (non-hydrogen) atoms. The lowest BCUT2D eigenvalue weighted by Crippen LogP contribution is -2.28. The molecule has 1 heteroatoms. The van der Waals surface area contributed by atoms with Crippen molar-refractivity contribution in [1.29, 1.82) is 0 Å². The Morgan fingerprint density at radius 1 is 0.333 bits per heavy atom. The average Bonchev–Trinajstić information content (AvgIpc) is 3.57. The van der Waals surface area contributed by atoms with Gasteiger partial charge in [0.05, 0.1) is 16.8 Å². The summed E-state index contributed by atoms with van der Waals surface area (Å²) in [5.41, 5.74) is 15.3. The van der Waals surface area contributed by atoms with E-state index in [2.05, 4.69) is 229 Å². The molecule has 0 unspecified atom stereocenters. The van der Waals surface area contributed by atoms with Gasteiger partial charge in [0, 0.05) is 16.6 Å². The number of nitrogens with zero attached hydrogens (tertiary/aromatic N) is 1. The Hall–Kier alpha value is -6.96. The van der Waals surface area contributed by atoms with E-state index in [-0.39, 0.29) is 0 Å². The molecule has 9 aromatic carbocycles. The van der Waals surface area contributed by atoms with E-state index in [1.807, 2.05) is 0 Å². The molecule has 10 rings (SSSR count). The van der Waals surface area contributed by atoms with Crippen molar-refractivity contribution in [1.82, 2.24) is 0 Å². The van der Waals surface area contributed by atoms with E-state index in [4.69, 9.17) is 0 Å². The van der Waals surface area contributed by atoms with Gasteiger partial charge in [-0.2, -0.15) is 0 Å². The van der Waals surface area contributed by atoms with Crippen molar-refractivity contribution in [2.45, 2.75) is 5.41 Å². The first kappa shape index (κ1) is 31.7. The number of hydrogen-bond donors (Lipinski definition) is 0. The number of hydrogen-bond acceptors (Lipinski definition) is 1. The van der Waals surface area contributed by atoms with Gasteiger partial charge in [0.1, 0.15) is 0 Å². The molecule has 0 amide bonds. The highest BCUT2D eigenvalue weighted by atomic mass is 15.1. The molecule has 1 aliphatic rings. The molecule has 254 valence electrons. The van der Waals surface area contributed by atoms with E-state index in [1.165, 1.54) is 66.4 Å². The summed E-state index contributed by atoms with van der Waals surface area (Å²) < 4.78 is 0. The van der Waals surface area contributed by atoms with Crippen molar-refractivity contribution in [3.8, 4) is 33.4 Å². The Morgan fingerprint density at radius 3 is 1.59 bits per heavy atom. The molecule has 0 aromatic heterocycles. The fourth-order valence-corrected chi connectivity index (χ4v) is 8.80. The first-order valence-electron chi connectivity index (χ1n) is 18.7. The van der Waals surface area contributed by atoms with Gasteiger partial charge >= 0.3 is 0 Å². The van der Waals surface area contributed by atoms with E-state index in [0.29, 0.717) is 0 Å². The summed E-state index contributed by atoms with van der Waals surface area (Å²) in [6.45, 7) is 0. The summed E-state index contributed by atoms with van der Waals surface area (Å²) >= 11 is 0.